The molecule has 0 aromatic carbocycles. The predicted octanol–water partition coefficient (Wildman–Crippen LogP) is 2.27. The Morgan fingerprint density at radius 1 is 1.42 bits per heavy atom. The van der Waals surface area contributed by atoms with Crippen LogP contribution in [-0.2, 0) is 16.6 Å². The molecule has 12 heavy (non-hydrogen) atoms. The van der Waals surface area contributed by atoms with Gasteiger partial charge in [0.25, 0.3) is 0 Å². The summed E-state index contributed by atoms with van der Waals surface area (Å²) in [6.45, 7) is 0. The fourth-order valence-electron chi connectivity index (χ4n) is 0.832. The first kappa shape index (κ1) is 9.96. The van der Waals surface area contributed by atoms with Gasteiger partial charge < -0.3 is 0 Å². The van der Waals surface area contributed by atoms with E-state index in [2.05, 4.69) is 4.98 Å². The fourth-order valence-corrected chi connectivity index (χ4v) is 1.97. The molecule has 0 N–H and O–H groups in total. The molecule has 1 heterocycles. The average molecular weight is 224 g/mol. The number of nitrogens with zero attached hydrogens (tertiary/aromatic N) is 1. The van der Waals surface area contributed by atoms with Crippen LogP contribution in [0.2, 0.25) is 10.3 Å². The van der Waals surface area contributed by atoms with Crippen LogP contribution in [0.1, 0.15) is 5.56 Å². The van der Waals surface area contributed by atoms with Crippen molar-refractivity contribution in [3.63, 3.8) is 0 Å². The lowest BCUT2D eigenvalue weighted by Gasteiger charge is -1.99. The zero-order valence-electron chi connectivity index (χ0n) is 6.38. The maximum absolute atomic E-state index is 10.8. The Bertz CT molecular complexity index is 296. The molecule has 0 saturated heterocycles. The highest BCUT2D eigenvalue weighted by Gasteiger charge is 2.00. The molecule has 0 aliphatic heterocycles. The zero-order chi connectivity index (χ0) is 9.14. The Hall–Kier alpha value is -0.120. The fraction of sp³-hybridized carbons (Fsp3) is 0.286. The van der Waals surface area contributed by atoms with E-state index in [1.165, 1.54) is 0 Å². The Kier molecular flexibility index (Phi) is 3.50. The molecule has 2 nitrogen and oxygen atoms in total. The van der Waals surface area contributed by atoms with E-state index in [4.69, 9.17) is 23.2 Å². The number of halogens is 2. The van der Waals surface area contributed by atoms with Crippen molar-refractivity contribution in [2.24, 2.45) is 0 Å². The zero-order valence-corrected chi connectivity index (χ0v) is 8.71. The van der Waals surface area contributed by atoms with E-state index in [-0.39, 0.29) is 0 Å². The molecule has 66 valence electrons. The van der Waals surface area contributed by atoms with Crippen LogP contribution in [0.5, 0.6) is 0 Å². The van der Waals surface area contributed by atoms with E-state index >= 15 is 0 Å². The van der Waals surface area contributed by atoms with Crippen molar-refractivity contribution in [2.45, 2.75) is 5.75 Å². The minimum absolute atomic E-state index is 0.336. The summed E-state index contributed by atoms with van der Waals surface area (Å²) >= 11 is 11.3. The van der Waals surface area contributed by atoms with Gasteiger partial charge in [-0.25, -0.2) is 4.98 Å². The van der Waals surface area contributed by atoms with Crippen LogP contribution >= 0.6 is 23.2 Å². The second-order valence-electron chi connectivity index (χ2n) is 2.34. The second kappa shape index (κ2) is 4.21. The minimum Gasteiger partial charge on any atom is -0.260 e. The second-order valence-corrected chi connectivity index (χ2v) is 4.55. The molecule has 0 fully saturated rings. The van der Waals surface area contributed by atoms with Crippen molar-refractivity contribution in [3.05, 3.63) is 28.0 Å². The molecule has 1 rings (SSSR count). The molecule has 0 aliphatic carbocycles. The first-order valence-electron chi connectivity index (χ1n) is 3.20. The van der Waals surface area contributed by atoms with Crippen LogP contribution in [0.25, 0.3) is 0 Å². The number of hydrogen-bond acceptors (Lipinski definition) is 2. The molecule has 0 bridgehead atoms. The summed E-state index contributed by atoms with van der Waals surface area (Å²) in [5.41, 5.74) is 0.848. The summed E-state index contributed by atoms with van der Waals surface area (Å²) in [6.07, 6.45) is 1.63. The molecule has 0 amide bonds. The summed E-state index contributed by atoms with van der Waals surface area (Å²) in [7, 11) is -0.878. The van der Waals surface area contributed by atoms with Gasteiger partial charge in [0.15, 0.2) is 0 Å². The van der Waals surface area contributed by atoms with Crippen LogP contribution in [-0.4, -0.2) is 15.4 Å². The molecular weight excluding hydrogens is 217 g/mol. The van der Waals surface area contributed by atoms with Crippen molar-refractivity contribution in [3.8, 4) is 0 Å². The van der Waals surface area contributed by atoms with E-state index in [1.54, 1.807) is 18.4 Å². The number of aromatic nitrogens is 1. The lowest BCUT2D eigenvalue weighted by atomic mass is 10.3. The van der Waals surface area contributed by atoms with E-state index in [1.807, 2.05) is 0 Å². The van der Waals surface area contributed by atoms with Crippen molar-refractivity contribution in [2.75, 3.05) is 6.26 Å². The molecule has 0 aliphatic rings. The Morgan fingerprint density at radius 2 is 1.92 bits per heavy atom. The molecule has 0 saturated carbocycles. The van der Waals surface area contributed by atoms with Crippen molar-refractivity contribution >= 4 is 34.0 Å². The first-order chi connectivity index (χ1) is 5.58. The van der Waals surface area contributed by atoms with Gasteiger partial charge in [-0.1, -0.05) is 23.2 Å². The summed E-state index contributed by atoms with van der Waals surface area (Å²) < 4.78 is 10.8. The van der Waals surface area contributed by atoms with Gasteiger partial charge in [0, 0.05) is 22.8 Å². The predicted molar refractivity (Wildman–Crippen MR) is 52.0 cm³/mol. The largest absolute Gasteiger partial charge is 0.260 e. The maximum atomic E-state index is 10.8. The van der Waals surface area contributed by atoms with Gasteiger partial charge in [-0.05, 0) is 17.7 Å². The molecule has 1 aromatic rings. The van der Waals surface area contributed by atoms with Gasteiger partial charge in [0.05, 0.1) is 0 Å². The third-order valence-corrected chi connectivity index (χ3v) is 2.32. The van der Waals surface area contributed by atoms with Gasteiger partial charge in [-0.3, -0.25) is 4.21 Å². The highest BCUT2D eigenvalue weighted by molar-refractivity contribution is 7.83. The molecule has 1 atom stereocenters. The van der Waals surface area contributed by atoms with Crippen LogP contribution < -0.4 is 0 Å². The van der Waals surface area contributed by atoms with Crippen molar-refractivity contribution in [1.82, 2.24) is 4.98 Å². The van der Waals surface area contributed by atoms with E-state index in [0.29, 0.717) is 16.1 Å². The maximum Gasteiger partial charge on any atom is 0.131 e. The van der Waals surface area contributed by atoms with Gasteiger partial charge >= 0.3 is 0 Å². The molecule has 5 heteroatoms. The van der Waals surface area contributed by atoms with Crippen LogP contribution in [0.15, 0.2) is 12.1 Å². The minimum atomic E-state index is -0.878. The van der Waals surface area contributed by atoms with E-state index in [0.717, 1.165) is 5.56 Å². The number of rotatable bonds is 2. The SMILES string of the molecule is CS(=O)Cc1cc(Cl)nc(Cl)c1. The summed E-state index contributed by atoms with van der Waals surface area (Å²) in [6, 6.07) is 3.32. The van der Waals surface area contributed by atoms with Crippen LogP contribution in [0, 0.1) is 0 Å². The lowest BCUT2D eigenvalue weighted by Crippen LogP contribution is -1.93. The topological polar surface area (TPSA) is 30.0 Å². The smallest absolute Gasteiger partial charge is 0.131 e. The number of pyridine rings is 1. The molecule has 0 spiro atoms. The summed E-state index contributed by atoms with van der Waals surface area (Å²) in [4.78, 5) is 3.77. The standard InChI is InChI=1S/C7H7Cl2NOS/c1-12(11)4-5-2-6(8)10-7(9)3-5/h2-3H,4H2,1H3. The normalized spacial score (nSPS) is 12.9. The highest BCUT2D eigenvalue weighted by atomic mass is 35.5. The third kappa shape index (κ3) is 3.09. The van der Waals surface area contributed by atoms with Crippen LogP contribution in [0.4, 0.5) is 0 Å². The van der Waals surface area contributed by atoms with Crippen molar-refractivity contribution < 1.29 is 4.21 Å². The molecular formula is C7H7Cl2NOS. The van der Waals surface area contributed by atoms with Crippen molar-refractivity contribution in [1.29, 1.82) is 0 Å². The van der Waals surface area contributed by atoms with Gasteiger partial charge in [-0.2, -0.15) is 0 Å². The summed E-state index contributed by atoms with van der Waals surface area (Å²) in [5.74, 6) is 0.460. The molecule has 0 radical (unpaired) electrons. The van der Waals surface area contributed by atoms with Gasteiger partial charge in [0.2, 0.25) is 0 Å². The van der Waals surface area contributed by atoms with E-state index < -0.39 is 10.8 Å². The third-order valence-electron chi connectivity index (χ3n) is 1.19. The van der Waals surface area contributed by atoms with Gasteiger partial charge in [-0.15, -0.1) is 0 Å². The lowest BCUT2D eigenvalue weighted by molar-refractivity contribution is 0.686. The number of hydrogen-bond donors (Lipinski definition) is 0. The van der Waals surface area contributed by atoms with Gasteiger partial charge in [0.1, 0.15) is 10.3 Å². The Morgan fingerprint density at radius 3 is 2.33 bits per heavy atom. The molecule has 1 aromatic heterocycles. The molecule has 1 unspecified atom stereocenters. The quantitative estimate of drug-likeness (QED) is 0.721. The highest BCUT2D eigenvalue weighted by Crippen LogP contribution is 2.15. The monoisotopic (exact) mass is 223 g/mol. The summed E-state index contributed by atoms with van der Waals surface area (Å²) in [5, 5.41) is 0.672. The first-order valence-corrected chi connectivity index (χ1v) is 5.68. The Balaban J connectivity index is 2.93. The van der Waals surface area contributed by atoms with E-state index in [9.17, 15) is 4.21 Å². The van der Waals surface area contributed by atoms with Crippen LogP contribution in [0.3, 0.4) is 0 Å². The Labute approximate surface area is 83.4 Å². The average Bonchev–Trinajstić information content (AvgIpc) is 1.81.